The maximum absolute atomic E-state index is 11.7. The molecule has 0 spiro atoms. The number of hydrogen-bond acceptors (Lipinski definition) is 3. The highest BCUT2D eigenvalue weighted by Gasteiger charge is 2.07. The van der Waals surface area contributed by atoms with Crippen LogP contribution < -0.4 is 15.4 Å². The lowest BCUT2D eigenvalue weighted by Gasteiger charge is -2.10. The molecule has 2 N–H and O–H groups in total. The molecule has 0 saturated heterocycles. The fourth-order valence-electron chi connectivity index (χ4n) is 1.66. The number of anilines is 1. The number of nitrogens with one attached hydrogen (secondary N) is 2. The maximum atomic E-state index is 11.7. The Kier molecular flexibility index (Phi) is 7.39. The van der Waals surface area contributed by atoms with E-state index in [1.165, 1.54) is 12.8 Å². The van der Waals surface area contributed by atoms with E-state index < -0.39 is 0 Å². The quantitative estimate of drug-likeness (QED) is 0.709. The zero-order valence-corrected chi connectivity index (χ0v) is 11.7. The van der Waals surface area contributed by atoms with E-state index in [4.69, 9.17) is 4.74 Å². The molecule has 0 bridgehead atoms. The molecule has 1 heterocycles. The molecule has 5 nitrogen and oxygen atoms in total. The molecule has 0 unspecified atom stereocenters. The van der Waals surface area contributed by atoms with Gasteiger partial charge in [-0.3, -0.25) is 0 Å². The number of amides is 2. The van der Waals surface area contributed by atoms with Crippen LogP contribution in [0, 0.1) is 0 Å². The first kappa shape index (κ1) is 15.3. The monoisotopic (exact) mass is 265 g/mol. The molecule has 0 aliphatic carbocycles. The maximum Gasteiger partial charge on any atom is 0.319 e. The summed E-state index contributed by atoms with van der Waals surface area (Å²) in [6.07, 6.45) is 6.19. The van der Waals surface area contributed by atoms with Gasteiger partial charge >= 0.3 is 6.03 Å². The van der Waals surface area contributed by atoms with Gasteiger partial charge in [-0.2, -0.15) is 0 Å². The van der Waals surface area contributed by atoms with E-state index in [0.29, 0.717) is 24.7 Å². The molecule has 19 heavy (non-hydrogen) atoms. The van der Waals surface area contributed by atoms with E-state index in [-0.39, 0.29) is 6.03 Å². The van der Waals surface area contributed by atoms with Gasteiger partial charge in [0.25, 0.3) is 0 Å². The molecular formula is C14H23N3O2. The largest absolute Gasteiger partial charge is 0.476 e. The summed E-state index contributed by atoms with van der Waals surface area (Å²) in [4.78, 5) is 15.8. The number of ether oxygens (including phenoxy) is 1. The molecule has 0 aliphatic heterocycles. The van der Waals surface area contributed by atoms with E-state index >= 15 is 0 Å². The summed E-state index contributed by atoms with van der Waals surface area (Å²) < 4.78 is 5.34. The predicted molar refractivity (Wildman–Crippen MR) is 76.6 cm³/mol. The zero-order valence-electron chi connectivity index (χ0n) is 11.7. The van der Waals surface area contributed by atoms with Crippen molar-refractivity contribution in [1.82, 2.24) is 10.3 Å². The highest BCUT2D eigenvalue weighted by molar-refractivity contribution is 5.90. The van der Waals surface area contributed by atoms with Gasteiger partial charge in [-0.15, -0.1) is 0 Å². The van der Waals surface area contributed by atoms with E-state index in [2.05, 4.69) is 22.5 Å². The van der Waals surface area contributed by atoms with Crippen molar-refractivity contribution in [2.24, 2.45) is 0 Å². The van der Waals surface area contributed by atoms with Crippen molar-refractivity contribution in [3.63, 3.8) is 0 Å². The number of nitrogens with zero attached hydrogens (tertiary/aromatic N) is 1. The summed E-state index contributed by atoms with van der Waals surface area (Å²) in [5.74, 6) is 0.450. The van der Waals surface area contributed by atoms with Crippen LogP contribution in [0.3, 0.4) is 0 Å². The van der Waals surface area contributed by atoms with Crippen molar-refractivity contribution in [3.05, 3.63) is 18.3 Å². The van der Waals surface area contributed by atoms with Crippen molar-refractivity contribution in [2.75, 3.05) is 18.5 Å². The molecule has 2 amide bonds. The Morgan fingerprint density at radius 1 is 1.32 bits per heavy atom. The minimum absolute atomic E-state index is 0.217. The zero-order chi connectivity index (χ0) is 13.9. The second-order valence-electron chi connectivity index (χ2n) is 4.23. The number of urea groups is 1. The SMILES string of the molecule is CCCCCCNC(=O)Nc1cccnc1OCC. The summed E-state index contributed by atoms with van der Waals surface area (Å²) in [7, 11) is 0. The van der Waals surface area contributed by atoms with Crippen LogP contribution in [0.5, 0.6) is 5.88 Å². The lowest BCUT2D eigenvalue weighted by atomic mass is 10.2. The van der Waals surface area contributed by atoms with Crippen LogP contribution in [0.25, 0.3) is 0 Å². The van der Waals surface area contributed by atoms with Crippen molar-refractivity contribution in [3.8, 4) is 5.88 Å². The van der Waals surface area contributed by atoms with Crippen LogP contribution in [0.1, 0.15) is 39.5 Å². The number of carbonyl (C=O) groups excluding carboxylic acids is 1. The fourth-order valence-corrected chi connectivity index (χ4v) is 1.66. The molecule has 0 fully saturated rings. The van der Waals surface area contributed by atoms with Crippen molar-refractivity contribution >= 4 is 11.7 Å². The molecule has 1 aromatic heterocycles. The Hall–Kier alpha value is -1.78. The summed E-state index contributed by atoms with van der Waals surface area (Å²) in [6.45, 7) is 5.25. The van der Waals surface area contributed by atoms with Crippen LogP contribution in [0.2, 0.25) is 0 Å². The van der Waals surface area contributed by atoms with Crippen molar-refractivity contribution in [2.45, 2.75) is 39.5 Å². The standard InChI is InChI=1S/C14H23N3O2/c1-3-5-6-7-10-16-14(18)17-12-9-8-11-15-13(12)19-4-2/h8-9,11H,3-7,10H2,1-2H3,(H2,16,17,18). The molecule has 0 aromatic carbocycles. The number of rotatable bonds is 8. The van der Waals surface area contributed by atoms with Gasteiger partial charge in [-0.25, -0.2) is 9.78 Å². The molecule has 5 heteroatoms. The van der Waals surface area contributed by atoms with Gasteiger partial charge in [-0.1, -0.05) is 26.2 Å². The Morgan fingerprint density at radius 2 is 2.16 bits per heavy atom. The number of pyridine rings is 1. The van der Waals surface area contributed by atoms with Crippen molar-refractivity contribution in [1.29, 1.82) is 0 Å². The van der Waals surface area contributed by atoms with Crippen LogP contribution in [-0.4, -0.2) is 24.2 Å². The summed E-state index contributed by atoms with van der Waals surface area (Å²) in [6, 6.07) is 3.32. The molecule has 0 saturated carbocycles. The minimum atomic E-state index is -0.217. The minimum Gasteiger partial charge on any atom is -0.476 e. The van der Waals surface area contributed by atoms with E-state index in [1.54, 1.807) is 18.3 Å². The normalized spacial score (nSPS) is 10.0. The smallest absolute Gasteiger partial charge is 0.319 e. The summed E-state index contributed by atoms with van der Waals surface area (Å²) in [5.41, 5.74) is 0.593. The van der Waals surface area contributed by atoms with E-state index in [0.717, 1.165) is 12.8 Å². The number of hydrogen-bond donors (Lipinski definition) is 2. The Balaban J connectivity index is 2.35. The first-order chi connectivity index (χ1) is 9.27. The number of unbranched alkanes of at least 4 members (excludes halogenated alkanes) is 3. The molecule has 0 atom stereocenters. The van der Waals surface area contributed by atoms with Gasteiger partial charge in [0.05, 0.1) is 6.61 Å². The van der Waals surface area contributed by atoms with Crippen LogP contribution in [0.15, 0.2) is 18.3 Å². The van der Waals surface area contributed by atoms with Crippen LogP contribution in [0.4, 0.5) is 10.5 Å². The lowest BCUT2D eigenvalue weighted by Crippen LogP contribution is -2.29. The third-order valence-corrected chi connectivity index (χ3v) is 2.62. The predicted octanol–water partition coefficient (Wildman–Crippen LogP) is 3.18. The van der Waals surface area contributed by atoms with Gasteiger partial charge in [0.15, 0.2) is 0 Å². The Labute approximate surface area is 114 Å². The van der Waals surface area contributed by atoms with Crippen molar-refractivity contribution < 1.29 is 9.53 Å². The first-order valence-electron chi connectivity index (χ1n) is 6.90. The summed E-state index contributed by atoms with van der Waals surface area (Å²) >= 11 is 0. The number of carbonyl (C=O) groups is 1. The first-order valence-corrected chi connectivity index (χ1v) is 6.90. The highest BCUT2D eigenvalue weighted by Crippen LogP contribution is 2.19. The highest BCUT2D eigenvalue weighted by atomic mass is 16.5. The summed E-state index contributed by atoms with van der Waals surface area (Å²) in [5, 5.41) is 5.57. The van der Waals surface area contributed by atoms with Crippen LogP contribution >= 0.6 is 0 Å². The average molecular weight is 265 g/mol. The second kappa shape index (κ2) is 9.19. The second-order valence-corrected chi connectivity index (χ2v) is 4.23. The van der Waals surface area contributed by atoms with E-state index in [9.17, 15) is 4.79 Å². The molecule has 1 aromatic rings. The molecule has 1 rings (SSSR count). The molecule has 0 aliphatic rings. The van der Waals surface area contributed by atoms with E-state index in [1.807, 2.05) is 6.92 Å². The Bertz CT molecular complexity index is 383. The Morgan fingerprint density at radius 3 is 2.89 bits per heavy atom. The van der Waals surface area contributed by atoms with Gasteiger partial charge in [0.1, 0.15) is 5.69 Å². The van der Waals surface area contributed by atoms with Gasteiger partial charge in [-0.05, 0) is 25.5 Å². The average Bonchev–Trinajstić information content (AvgIpc) is 2.41. The topological polar surface area (TPSA) is 63.2 Å². The lowest BCUT2D eigenvalue weighted by molar-refractivity contribution is 0.251. The van der Waals surface area contributed by atoms with Gasteiger partial charge in [0, 0.05) is 12.7 Å². The van der Waals surface area contributed by atoms with Gasteiger partial charge < -0.3 is 15.4 Å². The third kappa shape index (κ3) is 6.08. The molecular weight excluding hydrogens is 242 g/mol. The third-order valence-electron chi connectivity index (χ3n) is 2.62. The molecule has 0 radical (unpaired) electrons. The van der Waals surface area contributed by atoms with Gasteiger partial charge in [0.2, 0.25) is 5.88 Å². The molecule has 106 valence electrons. The number of aromatic nitrogens is 1. The fraction of sp³-hybridized carbons (Fsp3) is 0.571. The van der Waals surface area contributed by atoms with Crippen LogP contribution in [-0.2, 0) is 0 Å².